The first kappa shape index (κ1) is 9.24. The highest BCUT2D eigenvalue weighted by molar-refractivity contribution is 6.32. The summed E-state index contributed by atoms with van der Waals surface area (Å²) in [5.41, 5.74) is 0. The average Bonchev–Trinajstić information content (AvgIpc) is 2.36. The molecule has 0 radical (unpaired) electrons. The van der Waals surface area contributed by atoms with Gasteiger partial charge in [0.1, 0.15) is 0 Å². The lowest BCUT2D eigenvalue weighted by Gasteiger charge is -1.98. The molecule has 1 N–H and O–H groups in total. The number of ether oxygens (including phenoxy) is 2. The number of carbonyl (C=O) groups is 3. The highest BCUT2D eigenvalue weighted by Crippen LogP contribution is 2.14. The zero-order valence-electron chi connectivity index (χ0n) is 6.70. The van der Waals surface area contributed by atoms with Crippen molar-refractivity contribution < 1.29 is 29.0 Å². The van der Waals surface area contributed by atoms with Gasteiger partial charge in [0.25, 0.3) is 0 Å². The minimum Gasteiger partial charge on any atom is -0.499 e. The molecule has 1 rings (SSSR count). The van der Waals surface area contributed by atoms with E-state index in [1.54, 1.807) is 0 Å². The second kappa shape index (κ2) is 3.26. The van der Waals surface area contributed by atoms with Crippen LogP contribution < -0.4 is 0 Å². The molecule has 0 aliphatic carbocycles. The van der Waals surface area contributed by atoms with Crippen LogP contribution in [0.2, 0.25) is 0 Å². The molecule has 1 aliphatic heterocycles. The maximum Gasteiger partial charge on any atom is 0.379 e. The normalized spacial score (nSPS) is 15.6. The number of ketones is 1. The summed E-state index contributed by atoms with van der Waals surface area (Å²) in [6.45, 7) is 0.682. The predicted molar refractivity (Wildman–Crippen MR) is 37.4 cm³/mol. The van der Waals surface area contributed by atoms with Gasteiger partial charge in [-0.05, 0) is 0 Å². The Hall–Kier alpha value is -1.85. The molecule has 13 heavy (non-hydrogen) atoms. The third kappa shape index (κ3) is 1.84. The van der Waals surface area contributed by atoms with Gasteiger partial charge in [0.05, 0.1) is 0 Å². The first-order valence-corrected chi connectivity index (χ1v) is 3.34. The van der Waals surface area contributed by atoms with Gasteiger partial charge in [-0.25, -0.2) is 9.59 Å². The largest absolute Gasteiger partial charge is 0.499 e. The molecule has 0 atom stereocenters. The van der Waals surface area contributed by atoms with Crippen LogP contribution in [0.3, 0.4) is 0 Å². The van der Waals surface area contributed by atoms with Crippen molar-refractivity contribution in [2.75, 3.05) is 6.61 Å². The van der Waals surface area contributed by atoms with Crippen LogP contribution in [0.5, 0.6) is 0 Å². The summed E-state index contributed by atoms with van der Waals surface area (Å²) < 4.78 is 8.66. The van der Waals surface area contributed by atoms with Gasteiger partial charge in [0.15, 0.2) is 12.4 Å². The molecular formula is C7H6O6. The zero-order chi connectivity index (χ0) is 10.0. The molecule has 0 aromatic carbocycles. The first-order valence-electron chi connectivity index (χ1n) is 3.34. The van der Waals surface area contributed by atoms with E-state index in [1.165, 1.54) is 0 Å². The lowest BCUT2D eigenvalue weighted by molar-refractivity contribution is -0.150. The van der Waals surface area contributed by atoms with Crippen molar-refractivity contribution in [2.24, 2.45) is 0 Å². The monoisotopic (exact) mass is 186 g/mol. The SMILES string of the molecule is CC(=O)C(=O)OC1=C(O)C(=O)OC1. The van der Waals surface area contributed by atoms with E-state index in [1.807, 2.05) is 0 Å². The number of esters is 2. The van der Waals surface area contributed by atoms with Crippen molar-refractivity contribution in [3.8, 4) is 0 Å². The van der Waals surface area contributed by atoms with Crippen molar-refractivity contribution in [3.05, 3.63) is 11.5 Å². The van der Waals surface area contributed by atoms with Crippen molar-refractivity contribution >= 4 is 17.7 Å². The molecule has 0 bridgehead atoms. The van der Waals surface area contributed by atoms with Gasteiger partial charge in [-0.3, -0.25) is 4.79 Å². The highest BCUT2D eigenvalue weighted by Gasteiger charge is 2.28. The Kier molecular flexibility index (Phi) is 2.32. The molecule has 0 amide bonds. The van der Waals surface area contributed by atoms with Crippen LogP contribution in [0, 0.1) is 0 Å². The van der Waals surface area contributed by atoms with E-state index in [0.29, 0.717) is 0 Å². The smallest absolute Gasteiger partial charge is 0.379 e. The van der Waals surface area contributed by atoms with Crippen molar-refractivity contribution in [3.63, 3.8) is 0 Å². The molecule has 1 aliphatic rings. The summed E-state index contributed by atoms with van der Waals surface area (Å²) in [5, 5.41) is 8.90. The molecule has 0 aromatic rings. The Bertz CT molecular complexity index is 313. The summed E-state index contributed by atoms with van der Waals surface area (Å²) in [6.07, 6.45) is 0. The van der Waals surface area contributed by atoms with Gasteiger partial charge in [-0.1, -0.05) is 0 Å². The summed E-state index contributed by atoms with van der Waals surface area (Å²) >= 11 is 0. The van der Waals surface area contributed by atoms with Crippen LogP contribution in [0.4, 0.5) is 0 Å². The predicted octanol–water partition coefficient (Wildman–Crippen LogP) is -0.555. The lowest BCUT2D eigenvalue weighted by atomic mass is 10.4. The molecule has 0 saturated carbocycles. The Morgan fingerprint density at radius 3 is 2.54 bits per heavy atom. The first-order chi connectivity index (χ1) is 6.02. The average molecular weight is 186 g/mol. The molecule has 70 valence electrons. The fourth-order valence-corrected chi connectivity index (χ4v) is 0.643. The van der Waals surface area contributed by atoms with Crippen molar-refractivity contribution in [1.82, 2.24) is 0 Å². The van der Waals surface area contributed by atoms with Crippen LogP contribution >= 0.6 is 0 Å². The standard InChI is InChI=1S/C7H6O6/c1-3(8)6(10)13-4-2-12-7(11)5(4)9/h9H,2H2,1H3. The summed E-state index contributed by atoms with van der Waals surface area (Å²) in [6, 6.07) is 0. The van der Waals surface area contributed by atoms with E-state index < -0.39 is 23.5 Å². The van der Waals surface area contributed by atoms with Gasteiger partial charge in [-0.15, -0.1) is 0 Å². The molecule has 1 heterocycles. The maximum atomic E-state index is 10.7. The third-order valence-electron chi connectivity index (χ3n) is 1.30. The molecule has 0 aromatic heterocycles. The Labute approximate surface area is 72.7 Å². The topological polar surface area (TPSA) is 89.9 Å². The summed E-state index contributed by atoms with van der Waals surface area (Å²) in [7, 11) is 0. The molecule has 0 spiro atoms. The Morgan fingerprint density at radius 2 is 2.15 bits per heavy atom. The van der Waals surface area contributed by atoms with Gasteiger partial charge < -0.3 is 14.6 Å². The van der Waals surface area contributed by atoms with Gasteiger partial charge in [0.2, 0.25) is 11.5 Å². The minimum atomic E-state index is -1.14. The summed E-state index contributed by atoms with van der Waals surface area (Å²) in [4.78, 5) is 31.6. The second-order valence-electron chi connectivity index (χ2n) is 2.29. The lowest BCUT2D eigenvalue weighted by Crippen LogP contribution is -2.14. The molecular weight excluding hydrogens is 180 g/mol. The van der Waals surface area contributed by atoms with Gasteiger partial charge in [-0.2, -0.15) is 0 Å². The Morgan fingerprint density at radius 1 is 1.54 bits per heavy atom. The van der Waals surface area contributed by atoms with Gasteiger partial charge >= 0.3 is 11.9 Å². The Balaban J connectivity index is 2.70. The minimum absolute atomic E-state index is 0.329. The van der Waals surface area contributed by atoms with E-state index >= 15 is 0 Å². The van der Waals surface area contributed by atoms with E-state index in [4.69, 9.17) is 5.11 Å². The third-order valence-corrected chi connectivity index (χ3v) is 1.30. The number of hydrogen-bond acceptors (Lipinski definition) is 6. The van der Waals surface area contributed by atoms with Crippen molar-refractivity contribution in [2.45, 2.75) is 6.92 Å². The second-order valence-corrected chi connectivity index (χ2v) is 2.29. The van der Waals surface area contributed by atoms with Crippen LogP contribution in [0.15, 0.2) is 11.5 Å². The number of hydrogen-bond donors (Lipinski definition) is 1. The number of aliphatic hydroxyl groups excluding tert-OH is 1. The van der Waals surface area contributed by atoms with Crippen LogP contribution in [0.1, 0.15) is 6.92 Å². The van der Waals surface area contributed by atoms with E-state index in [-0.39, 0.29) is 12.4 Å². The van der Waals surface area contributed by atoms with Crippen LogP contribution in [-0.2, 0) is 23.9 Å². The molecule has 0 fully saturated rings. The molecule has 0 saturated heterocycles. The van der Waals surface area contributed by atoms with Crippen LogP contribution in [-0.4, -0.2) is 29.4 Å². The molecule has 6 nitrogen and oxygen atoms in total. The fourth-order valence-electron chi connectivity index (χ4n) is 0.643. The summed E-state index contributed by atoms with van der Waals surface area (Å²) in [5.74, 6) is -4.02. The number of aliphatic hydroxyl groups is 1. The molecule has 6 heteroatoms. The van der Waals surface area contributed by atoms with Crippen LogP contribution in [0.25, 0.3) is 0 Å². The maximum absolute atomic E-state index is 10.7. The zero-order valence-corrected chi connectivity index (χ0v) is 6.70. The number of cyclic esters (lactones) is 1. The highest BCUT2D eigenvalue weighted by atomic mass is 16.6. The quantitative estimate of drug-likeness (QED) is 0.459. The number of carbonyl (C=O) groups excluding carboxylic acids is 3. The van der Waals surface area contributed by atoms with E-state index in [0.717, 1.165) is 6.92 Å². The molecule has 0 unspecified atom stereocenters. The van der Waals surface area contributed by atoms with Gasteiger partial charge in [0, 0.05) is 6.92 Å². The number of rotatable bonds is 2. The van der Waals surface area contributed by atoms with E-state index in [9.17, 15) is 14.4 Å². The van der Waals surface area contributed by atoms with Crippen molar-refractivity contribution in [1.29, 1.82) is 0 Å². The fraction of sp³-hybridized carbons (Fsp3) is 0.286. The number of Topliss-reactive ketones (excluding diaryl/α,β-unsaturated/α-hetero) is 1. The van der Waals surface area contributed by atoms with E-state index in [2.05, 4.69) is 9.47 Å².